The van der Waals surface area contributed by atoms with Gasteiger partial charge in [0.05, 0.1) is 12.3 Å². The van der Waals surface area contributed by atoms with Crippen LogP contribution in [0, 0.1) is 0 Å². The monoisotopic (exact) mass is 330 g/mol. The van der Waals surface area contributed by atoms with Gasteiger partial charge in [0.1, 0.15) is 0 Å². The first-order chi connectivity index (χ1) is 11.6. The molecule has 0 aliphatic rings. The number of nitrogens with one attached hydrogen (secondary N) is 1. The fourth-order valence-corrected chi connectivity index (χ4v) is 2.42. The highest BCUT2D eigenvalue weighted by Gasteiger charge is 2.12. The molecule has 1 atom stereocenters. The van der Waals surface area contributed by atoms with E-state index in [4.69, 9.17) is 0 Å². The Labute approximate surface area is 143 Å². The Hall–Kier alpha value is -2.34. The summed E-state index contributed by atoms with van der Waals surface area (Å²) in [5.74, 6) is 0. The van der Waals surface area contributed by atoms with Crippen LogP contribution in [0.5, 0.6) is 0 Å². The van der Waals surface area contributed by atoms with E-state index in [9.17, 15) is 9.90 Å². The normalized spacial score (nSPS) is 12.0. The van der Waals surface area contributed by atoms with E-state index in [2.05, 4.69) is 17.3 Å². The maximum Gasteiger partial charge on any atom is 0.317 e. The van der Waals surface area contributed by atoms with Crippen molar-refractivity contribution in [3.8, 4) is 0 Å². The maximum atomic E-state index is 12.1. The molecule has 6 nitrogen and oxygen atoms in total. The Morgan fingerprint density at radius 1 is 1.38 bits per heavy atom. The van der Waals surface area contributed by atoms with Crippen molar-refractivity contribution in [3.63, 3.8) is 0 Å². The third-order valence-corrected chi connectivity index (χ3v) is 3.85. The Morgan fingerprint density at radius 2 is 2.12 bits per heavy atom. The van der Waals surface area contributed by atoms with Gasteiger partial charge in [0.2, 0.25) is 0 Å². The van der Waals surface area contributed by atoms with Crippen molar-refractivity contribution in [2.24, 2.45) is 0 Å². The smallest absolute Gasteiger partial charge is 0.317 e. The van der Waals surface area contributed by atoms with Crippen molar-refractivity contribution >= 4 is 6.03 Å². The number of aliphatic hydroxyl groups is 1. The fourth-order valence-electron chi connectivity index (χ4n) is 2.42. The molecule has 0 saturated carbocycles. The van der Waals surface area contributed by atoms with Gasteiger partial charge in [-0.2, -0.15) is 5.10 Å². The Balaban J connectivity index is 1.73. The Kier molecular flexibility index (Phi) is 6.81. The standard InChI is InChI=1S/C18H26N4O2/c1-3-10-22-14-15(13-20-22)12-19-18(24)21(2)11-9-17(23)16-7-5-4-6-8-16/h4-8,13-14,17,23H,3,9-12H2,1-2H3,(H,19,24)/t17-/m0/s1. The van der Waals surface area contributed by atoms with Gasteiger partial charge in [-0.15, -0.1) is 0 Å². The molecule has 0 aliphatic heterocycles. The predicted octanol–water partition coefficient (Wildman–Crippen LogP) is 2.56. The van der Waals surface area contributed by atoms with Crippen LogP contribution in [0.3, 0.4) is 0 Å². The molecule has 2 aromatic rings. The molecule has 1 aromatic carbocycles. The molecule has 0 aliphatic carbocycles. The van der Waals surface area contributed by atoms with E-state index in [0.717, 1.165) is 24.1 Å². The molecule has 2 rings (SSSR count). The third-order valence-electron chi connectivity index (χ3n) is 3.85. The summed E-state index contributed by atoms with van der Waals surface area (Å²) >= 11 is 0. The van der Waals surface area contributed by atoms with Crippen LogP contribution in [0.25, 0.3) is 0 Å². The number of aryl methyl sites for hydroxylation is 1. The van der Waals surface area contributed by atoms with Gasteiger partial charge in [-0.1, -0.05) is 37.3 Å². The molecule has 6 heteroatoms. The molecule has 2 N–H and O–H groups in total. The van der Waals surface area contributed by atoms with Gasteiger partial charge >= 0.3 is 6.03 Å². The van der Waals surface area contributed by atoms with Crippen molar-refractivity contribution in [1.82, 2.24) is 20.0 Å². The SMILES string of the molecule is CCCn1cc(CNC(=O)N(C)CC[C@H](O)c2ccccc2)cn1. The first kappa shape index (κ1) is 18.0. The van der Waals surface area contributed by atoms with Crippen molar-refractivity contribution in [2.75, 3.05) is 13.6 Å². The summed E-state index contributed by atoms with van der Waals surface area (Å²) in [6, 6.07) is 9.33. The van der Waals surface area contributed by atoms with Gasteiger partial charge < -0.3 is 15.3 Å². The Bertz CT molecular complexity index is 627. The highest BCUT2D eigenvalue weighted by molar-refractivity contribution is 5.73. The lowest BCUT2D eigenvalue weighted by atomic mass is 10.1. The number of carbonyl (C=O) groups is 1. The van der Waals surface area contributed by atoms with Crippen molar-refractivity contribution in [1.29, 1.82) is 0 Å². The zero-order valence-electron chi connectivity index (χ0n) is 14.4. The van der Waals surface area contributed by atoms with Crippen molar-refractivity contribution in [2.45, 2.75) is 39.0 Å². The minimum absolute atomic E-state index is 0.154. The number of urea groups is 1. The lowest BCUT2D eigenvalue weighted by Gasteiger charge is -2.19. The maximum absolute atomic E-state index is 12.1. The second kappa shape index (κ2) is 9.08. The summed E-state index contributed by atoms with van der Waals surface area (Å²) in [5.41, 5.74) is 1.85. The lowest BCUT2D eigenvalue weighted by molar-refractivity contribution is 0.150. The van der Waals surface area contributed by atoms with Crippen LogP contribution < -0.4 is 5.32 Å². The largest absolute Gasteiger partial charge is 0.388 e. The number of benzene rings is 1. The van der Waals surface area contributed by atoms with Crippen LogP contribution in [0.2, 0.25) is 0 Å². The van der Waals surface area contributed by atoms with Gasteiger partial charge in [-0.25, -0.2) is 4.79 Å². The molecular weight excluding hydrogens is 304 g/mol. The fraction of sp³-hybridized carbons (Fsp3) is 0.444. The average Bonchev–Trinajstić information content (AvgIpc) is 3.06. The van der Waals surface area contributed by atoms with Crippen molar-refractivity contribution < 1.29 is 9.90 Å². The molecule has 1 aromatic heterocycles. The molecule has 24 heavy (non-hydrogen) atoms. The number of nitrogens with zero attached hydrogens (tertiary/aromatic N) is 3. The summed E-state index contributed by atoms with van der Waals surface area (Å²) in [7, 11) is 1.73. The minimum atomic E-state index is -0.561. The van der Waals surface area contributed by atoms with Gasteiger partial charge in [0, 0.05) is 38.4 Å². The number of rotatable bonds is 8. The van der Waals surface area contributed by atoms with Crippen molar-refractivity contribution in [3.05, 3.63) is 53.9 Å². The molecule has 0 fully saturated rings. The van der Waals surface area contributed by atoms with Gasteiger partial charge in [-0.3, -0.25) is 4.68 Å². The molecule has 0 spiro atoms. The van der Waals surface area contributed by atoms with E-state index >= 15 is 0 Å². The second-order valence-corrected chi connectivity index (χ2v) is 5.91. The van der Waals surface area contributed by atoms with E-state index in [1.165, 1.54) is 0 Å². The summed E-state index contributed by atoms with van der Waals surface area (Å²) < 4.78 is 1.88. The molecule has 0 unspecified atom stereocenters. The molecule has 130 valence electrons. The van der Waals surface area contributed by atoms with E-state index in [1.54, 1.807) is 18.1 Å². The number of amides is 2. The van der Waals surface area contributed by atoms with E-state index < -0.39 is 6.10 Å². The molecule has 0 saturated heterocycles. The van der Waals surface area contributed by atoms with Crippen LogP contribution >= 0.6 is 0 Å². The number of aliphatic hydroxyl groups excluding tert-OH is 1. The van der Waals surface area contributed by atoms with Crippen LogP contribution in [0.4, 0.5) is 4.79 Å². The van der Waals surface area contributed by atoms with Crippen LogP contribution in [-0.4, -0.2) is 39.4 Å². The van der Waals surface area contributed by atoms with Gasteiger partial charge in [0.25, 0.3) is 0 Å². The van der Waals surface area contributed by atoms with E-state index in [1.807, 2.05) is 41.2 Å². The topological polar surface area (TPSA) is 70.4 Å². The van der Waals surface area contributed by atoms with E-state index in [-0.39, 0.29) is 6.03 Å². The molecule has 0 bridgehead atoms. The van der Waals surface area contributed by atoms with Crippen LogP contribution in [0.15, 0.2) is 42.7 Å². The number of hydrogen-bond acceptors (Lipinski definition) is 3. The zero-order valence-corrected chi connectivity index (χ0v) is 14.4. The number of carbonyl (C=O) groups excluding carboxylic acids is 1. The second-order valence-electron chi connectivity index (χ2n) is 5.91. The Morgan fingerprint density at radius 3 is 2.83 bits per heavy atom. The summed E-state index contributed by atoms with van der Waals surface area (Å²) in [5, 5.41) is 17.3. The molecule has 2 amide bonds. The summed E-state index contributed by atoms with van der Waals surface area (Å²) in [6.07, 6.45) is 4.69. The summed E-state index contributed by atoms with van der Waals surface area (Å²) in [4.78, 5) is 13.7. The first-order valence-electron chi connectivity index (χ1n) is 8.33. The molecule has 1 heterocycles. The lowest BCUT2D eigenvalue weighted by Crippen LogP contribution is -2.37. The van der Waals surface area contributed by atoms with Gasteiger partial charge in [-0.05, 0) is 18.4 Å². The predicted molar refractivity (Wildman–Crippen MR) is 93.4 cm³/mol. The first-order valence-corrected chi connectivity index (χ1v) is 8.33. The minimum Gasteiger partial charge on any atom is -0.388 e. The van der Waals surface area contributed by atoms with E-state index in [0.29, 0.717) is 19.5 Å². The quantitative estimate of drug-likeness (QED) is 0.781. The highest BCUT2D eigenvalue weighted by atomic mass is 16.3. The zero-order chi connectivity index (χ0) is 17.4. The van der Waals surface area contributed by atoms with Crippen LogP contribution in [-0.2, 0) is 13.1 Å². The highest BCUT2D eigenvalue weighted by Crippen LogP contribution is 2.16. The number of hydrogen-bond donors (Lipinski definition) is 2. The molecule has 0 radical (unpaired) electrons. The van der Waals surface area contributed by atoms with Crippen LogP contribution in [0.1, 0.15) is 37.0 Å². The summed E-state index contributed by atoms with van der Waals surface area (Å²) in [6.45, 7) is 3.91. The average molecular weight is 330 g/mol. The molecular formula is C18H26N4O2. The number of aromatic nitrogens is 2. The third kappa shape index (κ3) is 5.38. The van der Waals surface area contributed by atoms with Gasteiger partial charge in [0.15, 0.2) is 0 Å².